The molecule has 0 radical (unpaired) electrons. The minimum Gasteiger partial charge on any atom is -0.467 e. The van der Waals surface area contributed by atoms with Gasteiger partial charge in [-0.15, -0.1) is 11.8 Å². The highest BCUT2D eigenvalue weighted by atomic mass is 32.2. The molecular weight excluding hydrogens is 312 g/mol. The van der Waals surface area contributed by atoms with E-state index >= 15 is 0 Å². The van der Waals surface area contributed by atoms with Gasteiger partial charge in [0.25, 0.3) is 5.91 Å². The van der Waals surface area contributed by atoms with Gasteiger partial charge < -0.3 is 4.74 Å². The third kappa shape index (κ3) is 2.82. The SMILES string of the molecule is COC(=O)[C@@H]1Cc2ccccc2N1C(=O)c1ccc(SC)nc1. The molecule has 0 fully saturated rings. The van der Waals surface area contributed by atoms with Crippen molar-refractivity contribution in [2.75, 3.05) is 18.3 Å². The van der Waals surface area contributed by atoms with E-state index in [4.69, 9.17) is 4.74 Å². The summed E-state index contributed by atoms with van der Waals surface area (Å²) >= 11 is 1.51. The zero-order chi connectivity index (χ0) is 16.4. The van der Waals surface area contributed by atoms with E-state index in [0.29, 0.717) is 12.0 Å². The third-order valence-corrected chi connectivity index (χ3v) is 4.52. The number of esters is 1. The maximum absolute atomic E-state index is 12.9. The summed E-state index contributed by atoms with van der Waals surface area (Å²) in [5, 5.41) is 0.841. The summed E-state index contributed by atoms with van der Waals surface area (Å²) < 4.78 is 4.87. The lowest BCUT2D eigenvalue weighted by Gasteiger charge is -2.23. The number of hydrogen-bond donors (Lipinski definition) is 0. The molecule has 6 heteroatoms. The topological polar surface area (TPSA) is 59.5 Å². The Hall–Kier alpha value is -2.34. The fourth-order valence-electron chi connectivity index (χ4n) is 2.73. The van der Waals surface area contributed by atoms with Crippen LogP contribution < -0.4 is 4.90 Å². The first-order chi connectivity index (χ1) is 11.2. The predicted molar refractivity (Wildman–Crippen MR) is 88.8 cm³/mol. The Morgan fingerprint density at radius 1 is 1.26 bits per heavy atom. The number of nitrogens with zero attached hydrogens (tertiary/aromatic N) is 2. The van der Waals surface area contributed by atoms with Gasteiger partial charge in [0, 0.05) is 18.3 Å². The second kappa shape index (κ2) is 6.42. The smallest absolute Gasteiger partial charge is 0.329 e. The van der Waals surface area contributed by atoms with Gasteiger partial charge in [-0.2, -0.15) is 0 Å². The van der Waals surface area contributed by atoms with E-state index in [9.17, 15) is 9.59 Å². The Bertz CT molecular complexity index is 746. The number of anilines is 1. The number of para-hydroxylation sites is 1. The summed E-state index contributed by atoms with van der Waals surface area (Å²) in [5.41, 5.74) is 2.17. The molecule has 2 heterocycles. The highest BCUT2D eigenvalue weighted by molar-refractivity contribution is 7.98. The Kier molecular flexibility index (Phi) is 4.34. The lowest BCUT2D eigenvalue weighted by Crippen LogP contribution is -2.43. The number of amides is 1. The van der Waals surface area contributed by atoms with Crippen molar-refractivity contribution in [3.05, 3.63) is 53.7 Å². The number of carbonyl (C=O) groups is 2. The lowest BCUT2D eigenvalue weighted by molar-refractivity contribution is -0.141. The fraction of sp³-hybridized carbons (Fsp3) is 0.235. The Morgan fingerprint density at radius 3 is 2.70 bits per heavy atom. The number of aromatic nitrogens is 1. The number of ether oxygens (including phenoxy) is 1. The van der Waals surface area contributed by atoms with Gasteiger partial charge in [0.2, 0.25) is 0 Å². The summed E-state index contributed by atoms with van der Waals surface area (Å²) in [7, 11) is 1.34. The van der Waals surface area contributed by atoms with E-state index in [1.165, 1.54) is 23.8 Å². The molecular formula is C17H16N2O3S. The van der Waals surface area contributed by atoms with E-state index < -0.39 is 12.0 Å². The summed E-state index contributed by atoms with van der Waals surface area (Å²) in [4.78, 5) is 30.8. The van der Waals surface area contributed by atoms with Gasteiger partial charge >= 0.3 is 5.97 Å². The van der Waals surface area contributed by atoms with Gasteiger partial charge in [0.15, 0.2) is 0 Å². The van der Waals surface area contributed by atoms with E-state index in [0.717, 1.165) is 16.3 Å². The van der Waals surface area contributed by atoms with Crippen LogP contribution in [0.15, 0.2) is 47.6 Å². The molecule has 0 aliphatic carbocycles. The predicted octanol–water partition coefficient (Wildman–Crippen LogP) is 2.55. The zero-order valence-electron chi connectivity index (χ0n) is 12.9. The molecule has 0 N–H and O–H groups in total. The van der Waals surface area contributed by atoms with Crippen LogP contribution >= 0.6 is 11.8 Å². The number of rotatable bonds is 3. The first-order valence-electron chi connectivity index (χ1n) is 7.15. The molecule has 0 spiro atoms. The van der Waals surface area contributed by atoms with Crippen molar-refractivity contribution < 1.29 is 14.3 Å². The Labute approximate surface area is 138 Å². The van der Waals surface area contributed by atoms with Crippen LogP contribution in [0, 0.1) is 0 Å². The number of hydrogen-bond acceptors (Lipinski definition) is 5. The second-order valence-electron chi connectivity index (χ2n) is 5.14. The Balaban J connectivity index is 1.99. The van der Waals surface area contributed by atoms with Gasteiger partial charge in [-0.3, -0.25) is 9.69 Å². The van der Waals surface area contributed by atoms with Crippen molar-refractivity contribution in [1.82, 2.24) is 4.98 Å². The molecule has 118 valence electrons. The number of pyridine rings is 1. The zero-order valence-corrected chi connectivity index (χ0v) is 13.7. The molecule has 0 unspecified atom stereocenters. The molecule has 1 atom stereocenters. The average molecular weight is 328 g/mol. The summed E-state index contributed by atoms with van der Waals surface area (Å²) in [6, 6.07) is 10.4. The summed E-state index contributed by atoms with van der Waals surface area (Å²) in [6.07, 6.45) is 3.93. The molecule has 0 saturated heterocycles. The number of methoxy groups -OCH3 is 1. The summed E-state index contributed by atoms with van der Waals surface area (Å²) in [6.45, 7) is 0. The van der Waals surface area contributed by atoms with Gasteiger partial charge in [0.05, 0.1) is 17.7 Å². The monoisotopic (exact) mass is 328 g/mol. The minimum atomic E-state index is -0.634. The average Bonchev–Trinajstić information content (AvgIpc) is 3.00. The van der Waals surface area contributed by atoms with Crippen LogP contribution in [0.4, 0.5) is 5.69 Å². The quantitative estimate of drug-likeness (QED) is 0.640. The minimum absolute atomic E-state index is 0.245. The van der Waals surface area contributed by atoms with Crippen LogP contribution in [0.5, 0.6) is 0 Å². The molecule has 3 rings (SSSR count). The molecule has 5 nitrogen and oxygen atoms in total. The highest BCUT2D eigenvalue weighted by Crippen LogP contribution is 2.33. The van der Waals surface area contributed by atoms with Crippen molar-refractivity contribution in [2.24, 2.45) is 0 Å². The standard InChI is InChI=1S/C17H16N2O3S/c1-22-17(21)14-9-11-5-3-4-6-13(11)19(14)16(20)12-7-8-15(23-2)18-10-12/h3-8,10,14H,9H2,1-2H3/t14-/m0/s1. The van der Waals surface area contributed by atoms with Crippen LogP contribution in [0.3, 0.4) is 0 Å². The van der Waals surface area contributed by atoms with E-state index in [-0.39, 0.29) is 5.91 Å². The third-order valence-electron chi connectivity index (χ3n) is 3.86. The van der Waals surface area contributed by atoms with Crippen molar-refractivity contribution >= 4 is 29.3 Å². The van der Waals surface area contributed by atoms with Crippen molar-refractivity contribution in [1.29, 1.82) is 0 Å². The van der Waals surface area contributed by atoms with Crippen LogP contribution in [0.25, 0.3) is 0 Å². The van der Waals surface area contributed by atoms with Crippen molar-refractivity contribution in [2.45, 2.75) is 17.5 Å². The number of thioether (sulfide) groups is 1. The van der Waals surface area contributed by atoms with Crippen LogP contribution in [-0.2, 0) is 16.0 Å². The number of benzene rings is 1. The van der Waals surface area contributed by atoms with Crippen LogP contribution in [0.2, 0.25) is 0 Å². The van der Waals surface area contributed by atoms with Crippen LogP contribution in [0.1, 0.15) is 15.9 Å². The molecule has 1 amide bonds. The number of fused-ring (bicyclic) bond motifs is 1. The van der Waals surface area contributed by atoms with Crippen molar-refractivity contribution in [3.63, 3.8) is 0 Å². The molecule has 0 bridgehead atoms. The molecule has 2 aromatic rings. The number of carbonyl (C=O) groups excluding carboxylic acids is 2. The molecule has 1 aliphatic heterocycles. The van der Waals surface area contributed by atoms with Crippen LogP contribution in [-0.4, -0.2) is 36.3 Å². The van der Waals surface area contributed by atoms with Gasteiger partial charge in [-0.1, -0.05) is 18.2 Å². The molecule has 23 heavy (non-hydrogen) atoms. The molecule has 1 aromatic heterocycles. The fourth-order valence-corrected chi connectivity index (χ4v) is 3.09. The summed E-state index contributed by atoms with van der Waals surface area (Å²) in [5.74, 6) is -0.659. The van der Waals surface area contributed by atoms with Gasteiger partial charge in [-0.25, -0.2) is 9.78 Å². The van der Waals surface area contributed by atoms with Gasteiger partial charge in [-0.05, 0) is 30.0 Å². The normalized spacial score (nSPS) is 16.1. The first kappa shape index (κ1) is 15.6. The Morgan fingerprint density at radius 2 is 2.04 bits per heavy atom. The molecule has 1 aliphatic rings. The van der Waals surface area contributed by atoms with E-state index in [1.807, 2.05) is 30.5 Å². The molecule has 1 aromatic carbocycles. The molecule has 0 saturated carbocycles. The lowest BCUT2D eigenvalue weighted by atomic mass is 10.1. The second-order valence-corrected chi connectivity index (χ2v) is 5.96. The van der Waals surface area contributed by atoms with E-state index in [1.54, 1.807) is 18.3 Å². The van der Waals surface area contributed by atoms with Gasteiger partial charge in [0.1, 0.15) is 6.04 Å². The first-order valence-corrected chi connectivity index (χ1v) is 8.37. The van der Waals surface area contributed by atoms with E-state index in [2.05, 4.69) is 4.98 Å². The highest BCUT2D eigenvalue weighted by Gasteiger charge is 2.39. The maximum Gasteiger partial charge on any atom is 0.329 e. The van der Waals surface area contributed by atoms with Crippen molar-refractivity contribution in [3.8, 4) is 0 Å². The largest absolute Gasteiger partial charge is 0.467 e. The maximum atomic E-state index is 12.9.